The van der Waals surface area contributed by atoms with Crippen LogP contribution >= 0.6 is 0 Å². The first-order valence-corrected chi connectivity index (χ1v) is 6.72. The molecule has 108 valence electrons. The zero-order chi connectivity index (χ0) is 14.8. The summed E-state index contributed by atoms with van der Waals surface area (Å²) in [6, 6.07) is 10.3. The van der Waals surface area contributed by atoms with Crippen LogP contribution in [0.5, 0.6) is 0 Å². The van der Waals surface area contributed by atoms with Crippen LogP contribution in [0, 0.1) is 10.1 Å². The molecule has 7 heteroatoms. The summed E-state index contributed by atoms with van der Waals surface area (Å²) < 4.78 is 0. The van der Waals surface area contributed by atoms with Gasteiger partial charge in [-0.1, -0.05) is 12.1 Å². The van der Waals surface area contributed by atoms with Crippen LogP contribution in [0.4, 0.5) is 11.5 Å². The van der Waals surface area contributed by atoms with Gasteiger partial charge in [0.25, 0.3) is 5.69 Å². The van der Waals surface area contributed by atoms with E-state index in [0.29, 0.717) is 11.3 Å². The molecule has 0 aliphatic carbocycles. The van der Waals surface area contributed by atoms with Crippen molar-refractivity contribution in [3.8, 4) is 11.3 Å². The molecular weight excluding hydrogens is 270 g/mol. The quantitative estimate of drug-likeness (QED) is 0.679. The first kappa shape index (κ1) is 13.4. The highest BCUT2D eigenvalue weighted by Crippen LogP contribution is 2.23. The second-order valence-corrected chi connectivity index (χ2v) is 5.08. The standard InChI is InChI=1S/C14H15N5O2/c15-11-6-7-18(9-11)14-5-4-13(16-17-14)10-2-1-3-12(8-10)19(20)21/h1-5,8,11H,6-7,9,15H2. The Morgan fingerprint density at radius 2 is 2.14 bits per heavy atom. The zero-order valence-corrected chi connectivity index (χ0v) is 11.3. The van der Waals surface area contributed by atoms with Crippen molar-refractivity contribution in [2.75, 3.05) is 18.0 Å². The molecule has 2 N–H and O–H groups in total. The Morgan fingerprint density at radius 1 is 1.29 bits per heavy atom. The summed E-state index contributed by atoms with van der Waals surface area (Å²) >= 11 is 0. The van der Waals surface area contributed by atoms with Gasteiger partial charge in [0.2, 0.25) is 0 Å². The summed E-state index contributed by atoms with van der Waals surface area (Å²) in [6.07, 6.45) is 0.953. The fourth-order valence-electron chi connectivity index (χ4n) is 2.42. The topological polar surface area (TPSA) is 98.2 Å². The maximum atomic E-state index is 10.8. The molecule has 1 aromatic heterocycles. The average Bonchev–Trinajstić information content (AvgIpc) is 2.94. The third-order valence-corrected chi connectivity index (χ3v) is 3.55. The Labute approximate surface area is 121 Å². The number of nitro groups is 1. The minimum absolute atomic E-state index is 0.0453. The molecule has 3 rings (SSSR count). The molecule has 7 nitrogen and oxygen atoms in total. The molecule has 21 heavy (non-hydrogen) atoms. The van der Waals surface area contributed by atoms with Gasteiger partial charge in [0.05, 0.1) is 10.6 Å². The van der Waals surface area contributed by atoms with Crippen molar-refractivity contribution in [2.24, 2.45) is 5.73 Å². The summed E-state index contributed by atoms with van der Waals surface area (Å²) in [5.41, 5.74) is 7.22. The summed E-state index contributed by atoms with van der Waals surface area (Å²) in [6.45, 7) is 1.66. The second kappa shape index (κ2) is 5.45. The molecule has 1 aliphatic heterocycles. The van der Waals surface area contributed by atoms with Crippen LogP contribution in [0.1, 0.15) is 6.42 Å². The number of nitro benzene ring substituents is 1. The van der Waals surface area contributed by atoms with Gasteiger partial charge >= 0.3 is 0 Å². The van der Waals surface area contributed by atoms with Crippen molar-refractivity contribution in [1.82, 2.24) is 10.2 Å². The fraction of sp³-hybridized carbons (Fsp3) is 0.286. The summed E-state index contributed by atoms with van der Waals surface area (Å²) in [4.78, 5) is 12.5. The molecule has 2 aromatic rings. The number of non-ortho nitro benzene ring substituents is 1. The van der Waals surface area contributed by atoms with Gasteiger partial charge in [-0.3, -0.25) is 10.1 Å². The molecule has 1 fully saturated rings. The third-order valence-electron chi connectivity index (χ3n) is 3.55. The van der Waals surface area contributed by atoms with E-state index in [4.69, 9.17) is 5.73 Å². The van der Waals surface area contributed by atoms with E-state index >= 15 is 0 Å². The molecular formula is C14H15N5O2. The monoisotopic (exact) mass is 285 g/mol. The predicted molar refractivity (Wildman–Crippen MR) is 78.9 cm³/mol. The number of aromatic nitrogens is 2. The zero-order valence-electron chi connectivity index (χ0n) is 11.3. The van der Waals surface area contributed by atoms with Crippen molar-refractivity contribution in [3.05, 3.63) is 46.5 Å². The Bertz CT molecular complexity index is 659. The number of benzene rings is 1. The van der Waals surface area contributed by atoms with Gasteiger partial charge in [-0.05, 0) is 18.6 Å². The van der Waals surface area contributed by atoms with Crippen LogP contribution in [0.2, 0.25) is 0 Å². The van der Waals surface area contributed by atoms with Gasteiger partial charge < -0.3 is 10.6 Å². The van der Waals surface area contributed by atoms with Gasteiger partial charge in [0.15, 0.2) is 5.82 Å². The smallest absolute Gasteiger partial charge is 0.270 e. The lowest BCUT2D eigenvalue weighted by molar-refractivity contribution is -0.384. The average molecular weight is 285 g/mol. The van der Waals surface area contributed by atoms with Crippen molar-refractivity contribution in [3.63, 3.8) is 0 Å². The number of nitrogens with two attached hydrogens (primary N) is 1. The van der Waals surface area contributed by atoms with Crippen LogP contribution in [-0.2, 0) is 0 Å². The highest BCUT2D eigenvalue weighted by Gasteiger charge is 2.20. The number of anilines is 1. The molecule has 1 aliphatic rings. The second-order valence-electron chi connectivity index (χ2n) is 5.08. The number of hydrogen-bond donors (Lipinski definition) is 1. The summed E-state index contributed by atoms with van der Waals surface area (Å²) in [5.74, 6) is 0.789. The summed E-state index contributed by atoms with van der Waals surface area (Å²) in [5, 5.41) is 19.2. The third kappa shape index (κ3) is 2.82. The van der Waals surface area contributed by atoms with E-state index in [0.717, 1.165) is 25.3 Å². The Morgan fingerprint density at radius 3 is 2.76 bits per heavy atom. The van der Waals surface area contributed by atoms with Gasteiger partial charge in [0, 0.05) is 36.8 Å². The Kier molecular flexibility index (Phi) is 3.49. The molecule has 0 amide bonds. The molecule has 0 radical (unpaired) electrons. The lowest BCUT2D eigenvalue weighted by atomic mass is 10.1. The van der Waals surface area contributed by atoms with E-state index in [2.05, 4.69) is 15.1 Å². The van der Waals surface area contributed by atoms with E-state index in [1.165, 1.54) is 12.1 Å². The number of hydrogen-bond acceptors (Lipinski definition) is 6. The SMILES string of the molecule is NC1CCN(c2ccc(-c3cccc([N+](=O)[O-])c3)nn2)C1. The van der Waals surface area contributed by atoms with E-state index in [9.17, 15) is 10.1 Å². The molecule has 0 spiro atoms. The van der Waals surface area contributed by atoms with Crippen molar-refractivity contribution in [2.45, 2.75) is 12.5 Å². The van der Waals surface area contributed by atoms with E-state index in [1.54, 1.807) is 12.1 Å². The molecule has 0 saturated carbocycles. The fourth-order valence-corrected chi connectivity index (χ4v) is 2.42. The van der Waals surface area contributed by atoms with E-state index < -0.39 is 4.92 Å². The highest BCUT2D eigenvalue weighted by molar-refractivity contribution is 5.63. The maximum absolute atomic E-state index is 10.8. The molecule has 1 unspecified atom stereocenters. The summed E-state index contributed by atoms with van der Waals surface area (Å²) in [7, 11) is 0. The minimum Gasteiger partial charge on any atom is -0.354 e. The first-order chi connectivity index (χ1) is 10.1. The lowest BCUT2D eigenvalue weighted by Crippen LogP contribution is -2.27. The normalized spacial score (nSPS) is 18.0. The molecule has 1 aromatic carbocycles. The van der Waals surface area contributed by atoms with Gasteiger partial charge in [0.1, 0.15) is 0 Å². The Hall–Kier alpha value is -2.54. The first-order valence-electron chi connectivity index (χ1n) is 6.72. The van der Waals surface area contributed by atoms with Crippen LogP contribution in [0.25, 0.3) is 11.3 Å². The van der Waals surface area contributed by atoms with Crippen molar-refractivity contribution in [1.29, 1.82) is 0 Å². The van der Waals surface area contributed by atoms with Crippen molar-refractivity contribution < 1.29 is 4.92 Å². The van der Waals surface area contributed by atoms with Gasteiger partial charge in [-0.2, -0.15) is 0 Å². The van der Waals surface area contributed by atoms with Gasteiger partial charge in [-0.25, -0.2) is 0 Å². The molecule has 1 saturated heterocycles. The maximum Gasteiger partial charge on any atom is 0.270 e. The van der Waals surface area contributed by atoms with Crippen molar-refractivity contribution >= 4 is 11.5 Å². The Balaban J connectivity index is 1.84. The number of rotatable bonds is 3. The van der Waals surface area contributed by atoms with Crippen LogP contribution in [0.3, 0.4) is 0 Å². The molecule has 0 bridgehead atoms. The predicted octanol–water partition coefficient (Wildman–Crippen LogP) is 1.59. The van der Waals surface area contributed by atoms with E-state index in [-0.39, 0.29) is 11.7 Å². The number of nitrogens with zero attached hydrogens (tertiary/aromatic N) is 4. The van der Waals surface area contributed by atoms with Gasteiger partial charge in [-0.15, -0.1) is 10.2 Å². The van der Waals surface area contributed by atoms with E-state index in [1.807, 2.05) is 12.1 Å². The molecule has 2 heterocycles. The molecule has 1 atom stereocenters. The minimum atomic E-state index is -0.420. The highest BCUT2D eigenvalue weighted by atomic mass is 16.6. The lowest BCUT2D eigenvalue weighted by Gasteiger charge is -2.15. The van der Waals surface area contributed by atoms with Crippen LogP contribution in [0.15, 0.2) is 36.4 Å². The largest absolute Gasteiger partial charge is 0.354 e. The van der Waals surface area contributed by atoms with Crippen LogP contribution in [-0.4, -0.2) is 34.3 Å². The van der Waals surface area contributed by atoms with Crippen LogP contribution < -0.4 is 10.6 Å².